The molecular formula is C22H26ClFN2O2. The molecule has 6 heteroatoms. The van der Waals surface area contributed by atoms with Crippen molar-refractivity contribution in [2.45, 2.75) is 25.8 Å². The molecule has 1 aliphatic heterocycles. The molecule has 0 aliphatic carbocycles. The van der Waals surface area contributed by atoms with Gasteiger partial charge < -0.3 is 10.1 Å². The number of rotatable bonds is 7. The van der Waals surface area contributed by atoms with Crippen molar-refractivity contribution >= 4 is 17.5 Å². The largest absolute Gasteiger partial charge is 0.497 e. The first-order valence-electron chi connectivity index (χ1n) is 9.62. The van der Waals surface area contributed by atoms with E-state index in [0.29, 0.717) is 23.7 Å². The number of nitrogens with one attached hydrogen (secondary N) is 1. The zero-order chi connectivity index (χ0) is 19.9. The van der Waals surface area contributed by atoms with E-state index in [1.54, 1.807) is 19.2 Å². The first kappa shape index (κ1) is 20.6. The van der Waals surface area contributed by atoms with Gasteiger partial charge in [-0.1, -0.05) is 29.8 Å². The molecule has 1 amide bonds. The van der Waals surface area contributed by atoms with Crippen molar-refractivity contribution < 1.29 is 13.9 Å². The predicted molar refractivity (Wildman–Crippen MR) is 109 cm³/mol. The van der Waals surface area contributed by atoms with Crippen molar-refractivity contribution in [2.24, 2.45) is 5.92 Å². The fourth-order valence-corrected chi connectivity index (χ4v) is 3.75. The zero-order valence-electron chi connectivity index (χ0n) is 16.1. The van der Waals surface area contributed by atoms with Crippen LogP contribution in [0.25, 0.3) is 0 Å². The summed E-state index contributed by atoms with van der Waals surface area (Å²) in [5.74, 6) is 0.683. The minimum absolute atomic E-state index is 0.0169. The average Bonchev–Trinajstić information content (AvgIpc) is 2.72. The number of hydrogen-bond donors (Lipinski definition) is 1. The van der Waals surface area contributed by atoms with E-state index >= 15 is 0 Å². The minimum atomic E-state index is -0.272. The second kappa shape index (κ2) is 9.89. The Kier molecular flexibility index (Phi) is 7.29. The summed E-state index contributed by atoms with van der Waals surface area (Å²) in [4.78, 5) is 14.6. The molecule has 0 saturated carbocycles. The van der Waals surface area contributed by atoms with E-state index in [-0.39, 0.29) is 17.6 Å². The van der Waals surface area contributed by atoms with Crippen LogP contribution < -0.4 is 10.1 Å². The summed E-state index contributed by atoms with van der Waals surface area (Å²) in [6, 6.07) is 12.6. The molecular weight excluding hydrogens is 379 g/mol. The smallest absolute Gasteiger partial charge is 0.223 e. The number of ether oxygens (including phenoxy) is 1. The van der Waals surface area contributed by atoms with Crippen LogP contribution >= 0.6 is 11.6 Å². The number of nitrogens with zero attached hydrogens (tertiary/aromatic N) is 1. The second-order valence-corrected chi connectivity index (χ2v) is 7.55. The van der Waals surface area contributed by atoms with Gasteiger partial charge in [0.15, 0.2) is 0 Å². The van der Waals surface area contributed by atoms with Crippen molar-refractivity contribution in [2.75, 3.05) is 26.7 Å². The molecule has 1 aliphatic rings. The van der Waals surface area contributed by atoms with E-state index in [1.165, 1.54) is 6.07 Å². The van der Waals surface area contributed by atoms with Crippen molar-refractivity contribution in [3.8, 4) is 5.75 Å². The number of amides is 1. The van der Waals surface area contributed by atoms with Gasteiger partial charge in [-0.05, 0) is 62.2 Å². The Morgan fingerprint density at radius 2 is 1.93 bits per heavy atom. The topological polar surface area (TPSA) is 41.6 Å². The highest BCUT2D eigenvalue weighted by Gasteiger charge is 2.25. The lowest BCUT2D eigenvalue weighted by atomic mass is 9.95. The molecule has 1 N–H and O–H groups in total. The van der Waals surface area contributed by atoms with E-state index in [2.05, 4.69) is 10.2 Å². The van der Waals surface area contributed by atoms with Crippen LogP contribution in [0.3, 0.4) is 0 Å². The summed E-state index contributed by atoms with van der Waals surface area (Å²) in [6.07, 6.45) is 2.35. The SMILES string of the molecule is COc1ccc(CCNC(=O)C2CCN(Cc3c(F)cccc3Cl)CC2)cc1. The number of hydrogen-bond acceptors (Lipinski definition) is 3. The van der Waals surface area contributed by atoms with Gasteiger partial charge in [0.1, 0.15) is 11.6 Å². The number of benzene rings is 2. The average molecular weight is 405 g/mol. The van der Waals surface area contributed by atoms with Crippen molar-refractivity contribution in [3.05, 3.63) is 64.4 Å². The first-order chi connectivity index (χ1) is 13.6. The third-order valence-electron chi connectivity index (χ3n) is 5.27. The number of likely N-dealkylation sites (tertiary alicyclic amines) is 1. The van der Waals surface area contributed by atoms with Gasteiger partial charge in [0.25, 0.3) is 0 Å². The number of methoxy groups -OCH3 is 1. The number of carbonyl (C=O) groups is 1. The van der Waals surface area contributed by atoms with Gasteiger partial charge in [0.2, 0.25) is 5.91 Å². The standard InChI is InChI=1S/C22H26ClFN2O2/c1-28-18-7-5-16(6-8-18)9-12-25-22(27)17-10-13-26(14-11-17)15-19-20(23)3-2-4-21(19)24/h2-8,17H,9-15H2,1H3,(H,25,27). The number of halogens is 2. The Morgan fingerprint density at radius 1 is 1.21 bits per heavy atom. The van der Waals surface area contributed by atoms with E-state index in [1.807, 2.05) is 24.3 Å². The Morgan fingerprint density at radius 3 is 2.57 bits per heavy atom. The Hall–Kier alpha value is -2.11. The highest BCUT2D eigenvalue weighted by atomic mass is 35.5. The van der Waals surface area contributed by atoms with E-state index < -0.39 is 0 Å². The van der Waals surface area contributed by atoms with Crippen LogP contribution in [0.5, 0.6) is 5.75 Å². The maximum atomic E-state index is 13.9. The molecule has 1 saturated heterocycles. The summed E-state index contributed by atoms with van der Waals surface area (Å²) >= 11 is 6.11. The normalized spacial score (nSPS) is 15.4. The van der Waals surface area contributed by atoms with Crippen molar-refractivity contribution in [1.82, 2.24) is 10.2 Å². The predicted octanol–water partition coefficient (Wildman–Crippen LogP) is 4.06. The summed E-state index contributed by atoms with van der Waals surface area (Å²) in [6.45, 7) is 2.63. The Labute approximate surface area is 170 Å². The lowest BCUT2D eigenvalue weighted by Gasteiger charge is -2.31. The number of piperidine rings is 1. The molecule has 0 unspecified atom stereocenters. The molecule has 2 aromatic rings. The van der Waals surface area contributed by atoms with Crippen molar-refractivity contribution in [1.29, 1.82) is 0 Å². The van der Waals surface area contributed by atoms with Crippen LogP contribution in [-0.2, 0) is 17.8 Å². The fourth-order valence-electron chi connectivity index (χ4n) is 3.53. The molecule has 28 heavy (non-hydrogen) atoms. The summed E-state index contributed by atoms with van der Waals surface area (Å²) in [7, 11) is 1.64. The van der Waals surface area contributed by atoms with Crippen LogP contribution in [0, 0.1) is 11.7 Å². The maximum absolute atomic E-state index is 13.9. The van der Waals surface area contributed by atoms with Gasteiger partial charge in [-0.15, -0.1) is 0 Å². The third kappa shape index (κ3) is 5.46. The highest BCUT2D eigenvalue weighted by molar-refractivity contribution is 6.31. The highest BCUT2D eigenvalue weighted by Crippen LogP contribution is 2.24. The van der Waals surface area contributed by atoms with Gasteiger partial charge >= 0.3 is 0 Å². The van der Waals surface area contributed by atoms with Crippen LogP contribution in [0.1, 0.15) is 24.0 Å². The molecule has 2 aromatic carbocycles. The van der Waals surface area contributed by atoms with Gasteiger partial charge in [0, 0.05) is 29.6 Å². The molecule has 0 aromatic heterocycles. The van der Waals surface area contributed by atoms with Gasteiger partial charge in [-0.3, -0.25) is 9.69 Å². The second-order valence-electron chi connectivity index (χ2n) is 7.14. The molecule has 0 bridgehead atoms. The molecule has 150 valence electrons. The summed E-state index contributed by atoms with van der Waals surface area (Å²) < 4.78 is 19.1. The first-order valence-corrected chi connectivity index (χ1v) is 10.0. The molecule has 0 atom stereocenters. The van der Waals surface area contributed by atoms with E-state index in [4.69, 9.17) is 16.3 Å². The summed E-state index contributed by atoms with van der Waals surface area (Å²) in [5, 5.41) is 3.50. The van der Waals surface area contributed by atoms with Crippen LogP contribution in [0.15, 0.2) is 42.5 Å². The molecule has 1 fully saturated rings. The molecule has 3 rings (SSSR count). The van der Waals surface area contributed by atoms with Crippen LogP contribution in [0.4, 0.5) is 4.39 Å². The quantitative estimate of drug-likeness (QED) is 0.756. The Bertz CT molecular complexity index is 769. The Balaban J connectivity index is 1.41. The molecule has 0 spiro atoms. The van der Waals surface area contributed by atoms with E-state index in [9.17, 15) is 9.18 Å². The number of carbonyl (C=O) groups excluding carboxylic acids is 1. The minimum Gasteiger partial charge on any atom is -0.497 e. The van der Waals surface area contributed by atoms with Gasteiger partial charge in [-0.25, -0.2) is 4.39 Å². The maximum Gasteiger partial charge on any atom is 0.223 e. The zero-order valence-corrected chi connectivity index (χ0v) is 16.8. The van der Waals surface area contributed by atoms with Gasteiger partial charge in [0.05, 0.1) is 7.11 Å². The lowest BCUT2D eigenvalue weighted by molar-refractivity contribution is -0.126. The van der Waals surface area contributed by atoms with Crippen LogP contribution in [-0.4, -0.2) is 37.6 Å². The molecule has 0 radical (unpaired) electrons. The molecule has 1 heterocycles. The molecule has 4 nitrogen and oxygen atoms in total. The van der Waals surface area contributed by atoms with Crippen LogP contribution in [0.2, 0.25) is 5.02 Å². The monoisotopic (exact) mass is 404 g/mol. The summed E-state index contributed by atoms with van der Waals surface area (Å²) in [5.41, 5.74) is 1.70. The fraction of sp³-hybridized carbons (Fsp3) is 0.409. The third-order valence-corrected chi connectivity index (χ3v) is 5.63. The lowest BCUT2D eigenvalue weighted by Crippen LogP contribution is -2.40. The van der Waals surface area contributed by atoms with E-state index in [0.717, 1.165) is 43.7 Å². The van der Waals surface area contributed by atoms with Gasteiger partial charge in [-0.2, -0.15) is 0 Å². The van der Waals surface area contributed by atoms with Crippen molar-refractivity contribution in [3.63, 3.8) is 0 Å².